The molecule has 3 aromatic rings. The van der Waals surface area contributed by atoms with Gasteiger partial charge in [0.15, 0.2) is 0 Å². The van der Waals surface area contributed by atoms with Crippen molar-refractivity contribution in [1.82, 2.24) is 19.9 Å². The van der Waals surface area contributed by atoms with Crippen LogP contribution < -0.4 is 16.4 Å². The van der Waals surface area contributed by atoms with Crippen molar-refractivity contribution in [3.8, 4) is 11.1 Å². The van der Waals surface area contributed by atoms with Gasteiger partial charge in [-0.2, -0.15) is 0 Å². The molecule has 2 aromatic carbocycles. The molecule has 0 spiro atoms. The number of carbonyl (C=O) groups is 1. The Hall–Kier alpha value is -2.72. The van der Waals surface area contributed by atoms with Crippen LogP contribution in [0.2, 0.25) is 0 Å². The van der Waals surface area contributed by atoms with Crippen LogP contribution in [-0.4, -0.2) is 68.1 Å². The average Bonchev–Trinajstić information content (AvgIpc) is 3.36. The highest BCUT2D eigenvalue weighted by molar-refractivity contribution is 7.89. The van der Waals surface area contributed by atoms with Crippen LogP contribution in [0, 0.1) is 0 Å². The third kappa shape index (κ3) is 6.29. The van der Waals surface area contributed by atoms with Crippen LogP contribution in [0.5, 0.6) is 0 Å². The maximum atomic E-state index is 13.0. The van der Waals surface area contributed by atoms with E-state index in [0.29, 0.717) is 25.6 Å². The Morgan fingerprint density at radius 1 is 1.03 bits per heavy atom. The van der Waals surface area contributed by atoms with Crippen LogP contribution in [0.25, 0.3) is 22.0 Å². The van der Waals surface area contributed by atoms with Gasteiger partial charge in [0.1, 0.15) is 0 Å². The number of aromatic nitrogens is 1. The largest absolute Gasteiger partial charge is 0.369 e. The standard InChI is InChI=1S/C29H39N5O3S/c30-28(35)19-24-17-23(21-5-2-1-3-6-21)18-26-27(20-33-29(24)26)22-9-14-34(15-10-22)38(36,37)16-4-11-32-25-7-12-31-13-8-25/h1-3,5-6,17-18,20,22,25,31-33H,4,7-16,19H2,(H2,30,35). The molecule has 0 unspecified atom stereocenters. The summed E-state index contributed by atoms with van der Waals surface area (Å²) < 4.78 is 27.7. The van der Waals surface area contributed by atoms with Crippen LogP contribution in [0.3, 0.4) is 0 Å². The molecule has 2 aliphatic heterocycles. The van der Waals surface area contributed by atoms with Gasteiger partial charge in [0.2, 0.25) is 15.9 Å². The summed E-state index contributed by atoms with van der Waals surface area (Å²) in [7, 11) is -3.26. The summed E-state index contributed by atoms with van der Waals surface area (Å²) in [5.41, 5.74) is 10.7. The SMILES string of the molecule is NC(=O)Cc1cc(-c2ccccc2)cc2c(C3CCN(S(=O)(=O)CCCNC4CCNCC4)CC3)c[nH]c12. The number of aromatic amines is 1. The van der Waals surface area contributed by atoms with Gasteiger partial charge >= 0.3 is 0 Å². The highest BCUT2D eigenvalue weighted by Crippen LogP contribution is 2.37. The van der Waals surface area contributed by atoms with Crippen LogP contribution in [0.1, 0.15) is 49.1 Å². The van der Waals surface area contributed by atoms with Crippen molar-refractivity contribution in [2.45, 2.75) is 50.5 Å². The van der Waals surface area contributed by atoms with E-state index in [1.807, 2.05) is 30.5 Å². The van der Waals surface area contributed by atoms with Gasteiger partial charge in [-0.05, 0) is 92.0 Å². The minimum absolute atomic E-state index is 0.167. The lowest BCUT2D eigenvalue weighted by Gasteiger charge is -2.31. The normalized spacial score (nSPS) is 18.2. The van der Waals surface area contributed by atoms with Crippen molar-refractivity contribution < 1.29 is 13.2 Å². The fourth-order valence-corrected chi connectivity index (χ4v) is 7.49. The molecule has 9 heteroatoms. The maximum Gasteiger partial charge on any atom is 0.221 e. The molecule has 1 amide bonds. The van der Waals surface area contributed by atoms with E-state index >= 15 is 0 Å². The first-order chi connectivity index (χ1) is 18.4. The molecule has 2 fully saturated rings. The molecule has 5 N–H and O–H groups in total. The minimum Gasteiger partial charge on any atom is -0.369 e. The Balaban J connectivity index is 1.25. The quantitative estimate of drug-likeness (QED) is 0.296. The van der Waals surface area contributed by atoms with E-state index < -0.39 is 10.0 Å². The van der Waals surface area contributed by atoms with Gasteiger partial charge < -0.3 is 21.4 Å². The van der Waals surface area contributed by atoms with E-state index in [4.69, 9.17) is 5.73 Å². The summed E-state index contributed by atoms with van der Waals surface area (Å²) in [6.45, 7) is 3.87. The van der Waals surface area contributed by atoms with E-state index in [-0.39, 0.29) is 24.0 Å². The second-order valence-corrected chi connectivity index (χ2v) is 12.7. The first kappa shape index (κ1) is 26.9. The van der Waals surface area contributed by atoms with Gasteiger partial charge in [-0.25, -0.2) is 12.7 Å². The molecule has 38 heavy (non-hydrogen) atoms. The van der Waals surface area contributed by atoms with Crippen LogP contribution in [-0.2, 0) is 21.2 Å². The summed E-state index contributed by atoms with van der Waals surface area (Å²) in [5, 5.41) is 7.96. The predicted octanol–water partition coefficient (Wildman–Crippen LogP) is 3.10. The molecule has 204 valence electrons. The fraction of sp³-hybridized carbons (Fsp3) is 0.483. The molecule has 1 aromatic heterocycles. The van der Waals surface area contributed by atoms with Crippen molar-refractivity contribution in [1.29, 1.82) is 0 Å². The monoisotopic (exact) mass is 537 g/mol. The van der Waals surface area contributed by atoms with Crippen molar-refractivity contribution in [2.75, 3.05) is 38.5 Å². The molecule has 0 aliphatic carbocycles. The van der Waals surface area contributed by atoms with E-state index in [1.54, 1.807) is 4.31 Å². The summed E-state index contributed by atoms with van der Waals surface area (Å²) in [4.78, 5) is 15.2. The third-order valence-electron chi connectivity index (χ3n) is 8.01. The molecular weight excluding hydrogens is 498 g/mol. The Morgan fingerprint density at radius 3 is 2.47 bits per heavy atom. The summed E-state index contributed by atoms with van der Waals surface area (Å²) in [5.74, 6) is 0.0842. The summed E-state index contributed by atoms with van der Waals surface area (Å²) >= 11 is 0. The number of carbonyl (C=O) groups excluding carboxylic acids is 1. The number of amides is 1. The zero-order valence-electron chi connectivity index (χ0n) is 21.9. The number of fused-ring (bicyclic) bond motifs is 1. The van der Waals surface area contributed by atoms with Crippen LogP contribution in [0.4, 0.5) is 0 Å². The zero-order chi connectivity index (χ0) is 26.5. The number of piperidine rings is 2. The Morgan fingerprint density at radius 2 is 1.76 bits per heavy atom. The zero-order valence-corrected chi connectivity index (χ0v) is 22.7. The lowest BCUT2D eigenvalue weighted by molar-refractivity contribution is -0.117. The lowest BCUT2D eigenvalue weighted by atomic mass is 9.88. The number of nitrogens with one attached hydrogen (secondary N) is 3. The van der Waals surface area contributed by atoms with Crippen molar-refractivity contribution in [3.05, 3.63) is 59.8 Å². The van der Waals surface area contributed by atoms with Crippen molar-refractivity contribution in [2.24, 2.45) is 5.73 Å². The maximum absolute atomic E-state index is 13.0. The van der Waals surface area contributed by atoms with E-state index in [0.717, 1.165) is 72.9 Å². The molecule has 0 radical (unpaired) electrons. The fourth-order valence-electron chi connectivity index (χ4n) is 5.95. The predicted molar refractivity (Wildman–Crippen MR) is 152 cm³/mol. The van der Waals surface area contributed by atoms with E-state index in [2.05, 4.69) is 33.8 Å². The number of H-pyrrole nitrogens is 1. The van der Waals surface area contributed by atoms with Gasteiger partial charge in [0, 0.05) is 36.2 Å². The molecule has 0 bridgehead atoms. The molecule has 2 saturated heterocycles. The highest BCUT2D eigenvalue weighted by Gasteiger charge is 2.30. The number of benzene rings is 2. The number of rotatable bonds is 10. The van der Waals surface area contributed by atoms with Crippen molar-refractivity contribution >= 4 is 26.8 Å². The van der Waals surface area contributed by atoms with Crippen LogP contribution in [0.15, 0.2) is 48.7 Å². The molecular formula is C29H39N5O3S. The van der Waals surface area contributed by atoms with Gasteiger partial charge in [-0.15, -0.1) is 0 Å². The number of nitrogens with zero attached hydrogens (tertiary/aromatic N) is 1. The highest BCUT2D eigenvalue weighted by atomic mass is 32.2. The molecule has 8 nitrogen and oxygen atoms in total. The Kier molecular flexibility index (Phi) is 8.48. The molecule has 0 saturated carbocycles. The van der Waals surface area contributed by atoms with Gasteiger partial charge in [0.25, 0.3) is 0 Å². The van der Waals surface area contributed by atoms with E-state index in [9.17, 15) is 13.2 Å². The summed E-state index contributed by atoms with van der Waals surface area (Å²) in [6.07, 6.45) is 6.60. The van der Waals surface area contributed by atoms with Gasteiger partial charge in [-0.3, -0.25) is 4.79 Å². The average molecular weight is 538 g/mol. The van der Waals surface area contributed by atoms with Crippen molar-refractivity contribution in [3.63, 3.8) is 0 Å². The number of primary amides is 1. The van der Waals surface area contributed by atoms with E-state index in [1.165, 1.54) is 5.56 Å². The lowest BCUT2D eigenvalue weighted by Crippen LogP contribution is -2.42. The summed E-state index contributed by atoms with van der Waals surface area (Å²) in [6, 6.07) is 14.8. The van der Waals surface area contributed by atoms with Gasteiger partial charge in [-0.1, -0.05) is 30.3 Å². The molecule has 2 aliphatic rings. The third-order valence-corrected chi connectivity index (χ3v) is 9.97. The Bertz CT molecular complexity index is 1340. The molecule has 3 heterocycles. The number of hydrogen-bond acceptors (Lipinski definition) is 5. The minimum atomic E-state index is -3.26. The number of hydrogen-bond donors (Lipinski definition) is 4. The van der Waals surface area contributed by atoms with Crippen LogP contribution >= 0.6 is 0 Å². The number of sulfonamides is 1. The number of nitrogens with two attached hydrogens (primary N) is 1. The molecule has 0 atom stereocenters. The van der Waals surface area contributed by atoms with Gasteiger partial charge in [0.05, 0.1) is 12.2 Å². The topological polar surface area (TPSA) is 120 Å². The Labute approximate surface area is 225 Å². The molecule has 5 rings (SSSR count). The smallest absolute Gasteiger partial charge is 0.221 e. The first-order valence-electron chi connectivity index (χ1n) is 13.8. The second-order valence-electron chi connectivity index (χ2n) is 10.6. The first-order valence-corrected chi connectivity index (χ1v) is 15.4. The second kappa shape index (κ2) is 12.0.